The summed E-state index contributed by atoms with van der Waals surface area (Å²) in [5, 5.41) is 13.9. The maximum absolute atomic E-state index is 5.52. The molecule has 1 aromatic heterocycles. The quantitative estimate of drug-likeness (QED) is 0.932. The van der Waals surface area contributed by atoms with E-state index in [2.05, 4.69) is 34.6 Å². The van der Waals surface area contributed by atoms with Gasteiger partial charge in [0.1, 0.15) is 15.8 Å². The molecule has 0 amide bonds. The van der Waals surface area contributed by atoms with E-state index in [0.717, 1.165) is 40.8 Å². The largest absolute Gasteiger partial charge is 0.493 e. The van der Waals surface area contributed by atoms with E-state index in [0.29, 0.717) is 6.04 Å². The molecule has 1 atom stereocenters. The second-order valence-corrected chi connectivity index (χ2v) is 5.63. The van der Waals surface area contributed by atoms with Crippen molar-refractivity contribution in [1.29, 1.82) is 0 Å². The van der Waals surface area contributed by atoms with Gasteiger partial charge in [-0.2, -0.15) is 0 Å². The third-order valence-electron chi connectivity index (χ3n) is 3.43. The molecule has 1 aliphatic rings. The van der Waals surface area contributed by atoms with Crippen LogP contribution < -0.4 is 10.1 Å². The van der Waals surface area contributed by atoms with Crippen LogP contribution in [0.25, 0.3) is 10.6 Å². The van der Waals surface area contributed by atoms with Gasteiger partial charge in [0.25, 0.3) is 0 Å². The Morgan fingerprint density at radius 1 is 1.42 bits per heavy atom. The summed E-state index contributed by atoms with van der Waals surface area (Å²) in [7, 11) is 1.96. The molecule has 5 heteroatoms. The van der Waals surface area contributed by atoms with E-state index >= 15 is 0 Å². The van der Waals surface area contributed by atoms with Crippen LogP contribution in [0.1, 0.15) is 30.0 Å². The van der Waals surface area contributed by atoms with Crippen molar-refractivity contribution in [1.82, 2.24) is 15.5 Å². The first kappa shape index (κ1) is 12.6. The molecule has 0 fully saturated rings. The van der Waals surface area contributed by atoms with Gasteiger partial charge in [-0.15, -0.1) is 10.2 Å². The van der Waals surface area contributed by atoms with Crippen LogP contribution in [0.3, 0.4) is 0 Å². The average Bonchev–Trinajstić information content (AvgIpc) is 3.08. The molecule has 0 spiro atoms. The Morgan fingerprint density at radius 3 is 3.11 bits per heavy atom. The van der Waals surface area contributed by atoms with Crippen LogP contribution in [0, 0.1) is 0 Å². The van der Waals surface area contributed by atoms with Gasteiger partial charge in [-0.05, 0) is 37.2 Å². The third-order valence-corrected chi connectivity index (χ3v) is 4.52. The molecule has 19 heavy (non-hydrogen) atoms. The van der Waals surface area contributed by atoms with Crippen LogP contribution in [-0.2, 0) is 6.42 Å². The molecular weight excluding hydrogens is 258 g/mol. The summed E-state index contributed by atoms with van der Waals surface area (Å²) in [6.07, 6.45) is 2.01. The molecule has 3 rings (SSSR count). The van der Waals surface area contributed by atoms with E-state index in [-0.39, 0.29) is 0 Å². The monoisotopic (exact) mass is 275 g/mol. The van der Waals surface area contributed by atoms with Gasteiger partial charge in [-0.3, -0.25) is 0 Å². The van der Waals surface area contributed by atoms with Crippen molar-refractivity contribution in [3.8, 4) is 16.3 Å². The topological polar surface area (TPSA) is 47.0 Å². The molecule has 4 nitrogen and oxygen atoms in total. The lowest BCUT2D eigenvalue weighted by atomic mass is 10.1. The highest BCUT2D eigenvalue weighted by molar-refractivity contribution is 7.14. The van der Waals surface area contributed by atoms with E-state index in [1.54, 1.807) is 11.3 Å². The number of fused-ring (bicyclic) bond motifs is 1. The molecule has 1 unspecified atom stereocenters. The Kier molecular flexibility index (Phi) is 3.48. The minimum Gasteiger partial charge on any atom is -0.493 e. The van der Waals surface area contributed by atoms with Crippen molar-refractivity contribution in [2.75, 3.05) is 13.7 Å². The molecule has 2 heterocycles. The maximum Gasteiger partial charge on any atom is 0.147 e. The molecule has 0 bridgehead atoms. The van der Waals surface area contributed by atoms with Gasteiger partial charge in [-0.1, -0.05) is 18.3 Å². The number of nitrogens with one attached hydrogen (secondary N) is 1. The minimum absolute atomic E-state index is 0.295. The van der Waals surface area contributed by atoms with Gasteiger partial charge < -0.3 is 10.1 Å². The van der Waals surface area contributed by atoms with E-state index in [9.17, 15) is 0 Å². The van der Waals surface area contributed by atoms with Crippen molar-refractivity contribution < 1.29 is 4.74 Å². The Morgan fingerprint density at radius 2 is 2.32 bits per heavy atom. The van der Waals surface area contributed by atoms with Crippen molar-refractivity contribution in [2.45, 2.75) is 25.8 Å². The first-order chi connectivity index (χ1) is 9.31. The number of benzene rings is 1. The molecule has 1 N–H and O–H groups in total. The van der Waals surface area contributed by atoms with Crippen LogP contribution >= 0.6 is 11.3 Å². The molecule has 0 radical (unpaired) electrons. The fraction of sp³-hybridized carbons (Fsp3) is 0.429. The van der Waals surface area contributed by atoms with Crippen LogP contribution in [0.4, 0.5) is 0 Å². The zero-order chi connectivity index (χ0) is 13.2. The molecule has 0 aliphatic carbocycles. The molecule has 1 aromatic carbocycles. The van der Waals surface area contributed by atoms with Gasteiger partial charge in [0.15, 0.2) is 0 Å². The van der Waals surface area contributed by atoms with Crippen molar-refractivity contribution in [3.05, 3.63) is 28.8 Å². The van der Waals surface area contributed by atoms with Crippen LogP contribution in [0.2, 0.25) is 0 Å². The lowest BCUT2D eigenvalue weighted by Gasteiger charge is -2.08. The maximum atomic E-state index is 5.52. The van der Waals surface area contributed by atoms with E-state index in [1.165, 1.54) is 5.56 Å². The van der Waals surface area contributed by atoms with Crippen molar-refractivity contribution >= 4 is 11.3 Å². The summed E-state index contributed by atoms with van der Waals surface area (Å²) in [6, 6.07) is 6.57. The van der Waals surface area contributed by atoms with Crippen molar-refractivity contribution in [3.63, 3.8) is 0 Å². The SMILES string of the molecule is CCC(NC)c1nnc(-c2ccc3c(c2)CCO3)s1. The zero-order valence-corrected chi connectivity index (χ0v) is 12.0. The van der Waals surface area contributed by atoms with E-state index < -0.39 is 0 Å². The highest BCUT2D eigenvalue weighted by atomic mass is 32.1. The first-order valence-electron chi connectivity index (χ1n) is 6.58. The average molecular weight is 275 g/mol. The normalized spacial score (nSPS) is 15.1. The minimum atomic E-state index is 0.295. The lowest BCUT2D eigenvalue weighted by Crippen LogP contribution is -2.14. The molecule has 0 saturated heterocycles. The number of nitrogens with zero attached hydrogens (tertiary/aromatic N) is 2. The second-order valence-electron chi connectivity index (χ2n) is 4.62. The highest BCUT2D eigenvalue weighted by Gasteiger charge is 2.17. The number of hydrogen-bond acceptors (Lipinski definition) is 5. The van der Waals surface area contributed by atoms with Gasteiger partial charge in [0, 0.05) is 12.0 Å². The predicted octanol–water partition coefficient (Wildman–Crippen LogP) is 2.81. The van der Waals surface area contributed by atoms with Crippen LogP contribution in [0.15, 0.2) is 18.2 Å². The van der Waals surface area contributed by atoms with Gasteiger partial charge in [0.2, 0.25) is 0 Å². The number of ether oxygens (including phenoxy) is 1. The van der Waals surface area contributed by atoms with Crippen molar-refractivity contribution in [2.24, 2.45) is 0 Å². The summed E-state index contributed by atoms with van der Waals surface area (Å²) in [5.41, 5.74) is 2.41. The number of hydrogen-bond donors (Lipinski definition) is 1. The molecule has 1 aliphatic heterocycles. The van der Waals surface area contributed by atoms with E-state index in [4.69, 9.17) is 4.74 Å². The summed E-state index contributed by atoms with van der Waals surface area (Å²) in [4.78, 5) is 0. The van der Waals surface area contributed by atoms with Gasteiger partial charge in [0.05, 0.1) is 12.6 Å². The summed E-state index contributed by atoms with van der Waals surface area (Å²) >= 11 is 1.66. The Hall–Kier alpha value is -1.46. The Bertz CT molecular complexity index is 578. The molecular formula is C14H17N3OS. The smallest absolute Gasteiger partial charge is 0.147 e. The van der Waals surface area contributed by atoms with Gasteiger partial charge >= 0.3 is 0 Å². The van der Waals surface area contributed by atoms with Crippen LogP contribution in [-0.4, -0.2) is 23.9 Å². The highest BCUT2D eigenvalue weighted by Crippen LogP contribution is 2.33. The predicted molar refractivity (Wildman–Crippen MR) is 76.6 cm³/mol. The molecule has 0 saturated carbocycles. The zero-order valence-electron chi connectivity index (χ0n) is 11.1. The second kappa shape index (κ2) is 5.27. The summed E-state index contributed by atoms with van der Waals surface area (Å²) in [5.74, 6) is 1.01. The van der Waals surface area contributed by atoms with Crippen LogP contribution in [0.5, 0.6) is 5.75 Å². The van der Waals surface area contributed by atoms with E-state index in [1.807, 2.05) is 13.1 Å². The molecule has 2 aromatic rings. The fourth-order valence-electron chi connectivity index (χ4n) is 2.31. The standard InChI is InChI=1S/C14H17N3OS/c1-3-11(15-2)14-17-16-13(19-14)10-4-5-12-9(8-10)6-7-18-12/h4-5,8,11,15H,3,6-7H2,1-2H3. The molecule has 100 valence electrons. The fourth-order valence-corrected chi connectivity index (χ4v) is 3.35. The Balaban J connectivity index is 1.90. The lowest BCUT2D eigenvalue weighted by molar-refractivity contribution is 0.357. The summed E-state index contributed by atoms with van der Waals surface area (Å²) < 4.78 is 5.52. The third kappa shape index (κ3) is 2.35. The first-order valence-corrected chi connectivity index (χ1v) is 7.40. The number of aromatic nitrogens is 2. The van der Waals surface area contributed by atoms with Gasteiger partial charge in [-0.25, -0.2) is 0 Å². The Labute approximate surface area is 116 Å². The number of rotatable bonds is 4. The summed E-state index contributed by atoms with van der Waals surface area (Å²) in [6.45, 7) is 2.94.